The lowest BCUT2D eigenvalue weighted by atomic mass is 10.1. The van der Waals surface area contributed by atoms with E-state index in [0.29, 0.717) is 41.3 Å². The molecule has 6 heterocycles. The quantitative estimate of drug-likeness (QED) is 0.497. The van der Waals surface area contributed by atoms with Crippen molar-refractivity contribution in [1.82, 2.24) is 19.7 Å². The van der Waals surface area contributed by atoms with Gasteiger partial charge in [-0.1, -0.05) is 11.6 Å². The summed E-state index contributed by atoms with van der Waals surface area (Å²) in [7, 11) is 0. The third-order valence-corrected chi connectivity index (χ3v) is 7.24. The molecule has 2 atom stereocenters. The van der Waals surface area contributed by atoms with E-state index in [1.807, 2.05) is 37.7 Å². The van der Waals surface area contributed by atoms with E-state index in [2.05, 4.69) is 20.3 Å². The van der Waals surface area contributed by atoms with Gasteiger partial charge in [-0.15, -0.1) is 0 Å². The Hall–Kier alpha value is -3.41. The van der Waals surface area contributed by atoms with Gasteiger partial charge in [0.2, 0.25) is 5.88 Å². The van der Waals surface area contributed by atoms with Crippen molar-refractivity contribution in [2.24, 2.45) is 0 Å². The summed E-state index contributed by atoms with van der Waals surface area (Å²) in [5, 5.41) is 7.89. The Labute approximate surface area is 225 Å². The lowest BCUT2D eigenvalue weighted by Crippen LogP contribution is -2.48. The number of carbonyl (C=O) groups is 1. The maximum absolute atomic E-state index is 13.7. The fourth-order valence-corrected chi connectivity index (χ4v) is 5.38. The van der Waals surface area contributed by atoms with E-state index < -0.39 is 5.79 Å². The van der Waals surface area contributed by atoms with Crippen LogP contribution in [-0.2, 0) is 16.0 Å². The summed E-state index contributed by atoms with van der Waals surface area (Å²) >= 11 is 6.67. The third-order valence-electron chi connectivity index (χ3n) is 6.95. The first kappa shape index (κ1) is 24.9. The summed E-state index contributed by atoms with van der Waals surface area (Å²) in [6.07, 6.45) is 5.91. The Balaban J connectivity index is 1.22. The summed E-state index contributed by atoms with van der Waals surface area (Å²) in [5.74, 6) is 0.362. The highest BCUT2D eigenvalue weighted by Crippen LogP contribution is 2.43. The number of aromatic nitrogens is 4. The second-order valence-electron chi connectivity index (χ2n) is 10.1. The number of carbonyl (C=O) groups excluding carboxylic acids is 1. The summed E-state index contributed by atoms with van der Waals surface area (Å²) in [6.45, 7) is 8.82. The zero-order valence-corrected chi connectivity index (χ0v) is 22.3. The number of urea groups is 1. The van der Waals surface area contributed by atoms with Gasteiger partial charge in [0.15, 0.2) is 11.6 Å². The van der Waals surface area contributed by atoms with Crippen LogP contribution >= 0.6 is 11.6 Å². The molecule has 1 unspecified atom stereocenters. The summed E-state index contributed by atoms with van der Waals surface area (Å²) in [6, 6.07) is 5.06. The maximum atomic E-state index is 13.7. The molecule has 3 aromatic rings. The topological polar surface area (TPSA) is 107 Å². The Morgan fingerprint density at radius 3 is 2.97 bits per heavy atom. The highest BCUT2D eigenvalue weighted by Gasteiger charge is 2.41. The number of halogens is 1. The van der Waals surface area contributed by atoms with Crippen LogP contribution in [0.5, 0.6) is 5.88 Å². The molecule has 3 aliphatic heterocycles. The highest BCUT2D eigenvalue weighted by atomic mass is 35.5. The van der Waals surface area contributed by atoms with Crippen LogP contribution in [0.2, 0.25) is 5.02 Å². The zero-order valence-electron chi connectivity index (χ0n) is 21.6. The molecule has 3 aromatic heterocycles. The Kier molecular flexibility index (Phi) is 6.37. The molecule has 0 radical (unpaired) electrons. The molecule has 11 nitrogen and oxygen atoms in total. The molecule has 38 heavy (non-hydrogen) atoms. The molecule has 2 fully saturated rings. The molecule has 0 aliphatic carbocycles. The predicted octanol–water partition coefficient (Wildman–Crippen LogP) is 4.17. The minimum absolute atomic E-state index is 0.00261. The van der Waals surface area contributed by atoms with Gasteiger partial charge in [0.1, 0.15) is 12.7 Å². The predicted molar refractivity (Wildman–Crippen MR) is 143 cm³/mol. The minimum atomic E-state index is -0.619. The highest BCUT2D eigenvalue weighted by molar-refractivity contribution is 6.33. The normalized spacial score (nSPS) is 21.5. The summed E-state index contributed by atoms with van der Waals surface area (Å²) < 4.78 is 19.0. The lowest BCUT2D eigenvalue weighted by molar-refractivity contribution is -0.141. The molecule has 12 heteroatoms. The minimum Gasteiger partial charge on any atom is -0.475 e. The monoisotopic (exact) mass is 539 g/mol. The van der Waals surface area contributed by atoms with Gasteiger partial charge in [-0.05, 0) is 39.3 Å². The van der Waals surface area contributed by atoms with Crippen LogP contribution in [0.1, 0.15) is 27.2 Å². The first-order chi connectivity index (χ1) is 18.3. The van der Waals surface area contributed by atoms with E-state index in [9.17, 15) is 4.79 Å². The Morgan fingerprint density at radius 2 is 2.21 bits per heavy atom. The van der Waals surface area contributed by atoms with Crippen molar-refractivity contribution < 1.29 is 19.0 Å². The zero-order chi connectivity index (χ0) is 26.4. The molecular weight excluding hydrogens is 510 g/mol. The van der Waals surface area contributed by atoms with Crippen molar-refractivity contribution in [2.45, 2.75) is 51.7 Å². The number of amides is 2. The van der Waals surface area contributed by atoms with E-state index in [0.717, 1.165) is 37.3 Å². The number of rotatable bonds is 6. The van der Waals surface area contributed by atoms with Gasteiger partial charge >= 0.3 is 6.03 Å². The molecular formula is C26H30ClN7O4. The number of aryl methyl sites for hydroxylation is 1. The van der Waals surface area contributed by atoms with Crippen molar-refractivity contribution in [3.05, 3.63) is 41.8 Å². The van der Waals surface area contributed by atoms with E-state index >= 15 is 0 Å². The van der Waals surface area contributed by atoms with Gasteiger partial charge in [0.25, 0.3) is 0 Å². The third kappa shape index (κ3) is 4.77. The van der Waals surface area contributed by atoms with Crippen LogP contribution in [0, 0.1) is 0 Å². The number of hydrogen-bond acceptors (Lipinski definition) is 8. The van der Waals surface area contributed by atoms with Crippen LogP contribution < -0.4 is 19.9 Å². The fourth-order valence-electron chi connectivity index (χ4n) is 5.12. The number of fused-ring (bicyclic) bond motifs is 4. The number of nitrogens with one attached hydrogen (secondary N) is 1. The SMILES string of the molecule is CCn1cc(-c2nc3c(cc2Cl)N2CCC(C2)N3C(=O)Nc2ccnc(OC[C@H]3COC(C)(C)O3)c2)cn1. The van der Waals surface area contributed by atoms with Crippen LogP contribution in [0.15, 0.2) is 36.8 Å². The van der Waals surface area contributed by atoms with Crippen molar-refractivity contribution >= 4 is 34.8 Å². The number of ether oxygens (including phenoxy) is 3. The molecule has 2 bridgehead atoms. The number of anilines is 3. The Bertz CT molecular complexity index is 1360. The first-order valence-corrected chi connectivity index (χ1v) is 13.2. The van der Waals surface area contributed by atoms with Crippen LogP contribution in [0.4, 0.5) is 22.0 Å². The fraction of sp³-hybridized carbons (Fsp3) is 0.462. The number of hydrogen-bond donors (Lipinski definition) is 1. The van der Waals surface area contributed by atoms with E-state index in [1.165, 1.54) is 0 Å². The molecule has 200 valence electrons. The molecule has 6 rings (SSSR count). The van der Waals surface area contributed by atoms with Crippen molar-refractivity contribution in [1.29, 1.82) is 0 Å². The average Bonchev–Trinajstić information content (AvgIpc) is 3.62. The number of pyridine rings is 2. The van der Waals surface area contributed by atoms with Gasteiger partial charge < -0.3 is 24.4 Å². The average molecular weight is 540 g/mol. The molecule has 2 amide bonds. The first-order valence-electron chi connectivity index (χ1n) is 12.8. The second kappa shape index (κ2) is 9.72. The molecule has 2 saturated heterocycles. The number of nitrogens with zero attached hydrogens (tertiary/aromatic N) is 6. The summed E-state index contributed by atoms with van der Waals surface area (Å²) in [5.41, 5.74) is 2.84. The standard InChI is InChI=1S/C26H30ClN7O4/c1-4-33-12-16(11-29-33)23-20(27)10-21-24(31-23)34(18-6-8-32(21)13-18)25(35)30-17-5-7-28-22(9-17)36-14-19-15-37-26(2,3)38-19/h5,7,9-12,18-19H,4,6,8,13-15H2,1-3H3,(H,28,30,35)/t18?,19-/m0/s1. The smallest absolute Gasteiger partial charge is 0.327 e. The van der Waals surface area contributed by atoms with Crippen molar-refractivity contribution in [2.75, 3.05) is 41.4 Å². The van der Waals surface area contributed by atoms with Gasteiger partial charge in [-0.3, -0.25) is 9.58 Å². The Morgan fingerprint density at radius 1 is 1.34 bits per heavy atom. The molecule has 0 aromatic carbocycles. The van der Waals surface area contributed by atoms with Crippen molar-refractivity contribution in [3.63, 3.8) is 0 Å². The van der Waals surface area contributed by atoms with E-state index in [-0.39, 0.29) is 18.2 Å². The van der Waals surface area contributed by atoms with Crippen molar-refractivity contribution in [3.8, 4) is 17.1 Å². The largest absolute Gasteiger partial charge is 0.475 e. The van der Waals surface area contributed by atoms with Gasteiger partial charge in [0, 0.05) is 49.3 Å². The molecule has 3 aliphatic rings. The van der Waals surface area contributed by atoms with Crippen LogP contribution in [-0.4, -0.2) is 70.0 Å². The summed E-state index contributed by atoms with van der Waals surface area (Å²) in [4.78, 5) is 26.8. The van der Waals surface area contributed by atoms with E-state index in [4.69, 9.17) is 30.8 Å². The van der Waals surface area contributed by atoms with Gasteiger partial charge in [0.05, 0.1) is 35.2 Å². The lowest BCUT2D eigenvalue weighted by Gasteiger charge is -2.36. The van der Waals surface area contributed by atoms with Crippen LogP contribution in [0.25, 0.3) is 11.3 Å². The second-order valence-corrected chi connectivity index (χ2v) is 10.5. The van der Waals surface area contributed by atoms with Gasteiger partial charge in [-0.25, -0.2) is 14.8 Å². The van der Waals surface area contributed by atoms with Crippen LogP contribution in [0.3, 0.4) is 0 Å². The molecule has 1 N–H and O–H groups in total. The van der Waals surface area contributed by atoms with Gasteiger partial charge in [-0.2, -0.15) is 5.10 Å². The maximum Gasteiger partial charge on any atom is 0.327 e. The molecule has 0 spiro atoms. The van der Waals surface area contributed by atoms with E-state index in [1.54, 1.807) is 29.4 Å². The molecule has 0 saturated carbocycles.